The molecule has 96 valence electrons. The first-order chi connectivity index (χ1) is 7.47. The molecular weight excluding hydrogens is 226 g/mol. The van der Waals surface area contributed by atoms with Gasteiger partial charge in [-0.15, -0.1) is 0 Å². The highest BCUT2D eigenvalue weighted by molar-refractivity contribution is 7.89. The molecule has 1 fully saturated rings. The maximum absolute atomic E-state index is 11.9. The number of nitrogens with zero attached hydrogens (tertiary/aromatic N) is 2. The molecule has 1 saturated heterocycles. The maximum Gasteiger partial charge on any atom is 0.214 e. The Morgan fingerprint density at radius 2 is 1.75 bits per heavy atom. The van der Waals surface area contributed by atoms with E-state index >= 15 is 0 Å². The lowest BCUT2D eigenvalue weighted by Crippen LogP contribution is -2.51. The minimum atomic E-state index is -3.07. The molecule has 0 saturated carbocycles. The molecule has 0 aromatic heterocycles. The molecule has 1 aliphatic heterocycles. The van der Waals surface area contributed by atoms with Crippen molar-refractivity contribution in [2.45, 2.75) is 26.3 Å². The number of hydrogen-bond donors (Lipinski definition) is 1. The number of piperazine rings is 1. The van der Waals surface area contributed by atoms with Gasteiger partial charge in [0.25, 0.3) is 0 Å². The lowest BCUT2D eigenvalue weighted by Gasteiger charge is -2.36. The third kappa shape index (κ3) is 3.69. The van der Waals surface area contributed by atoms with Crippen LogP contribution in [-0.2, 0) is 10.0 Å². The van der Waals surface area contributed by atoms with Gasteiger partial charge in [-0.25, -0.2) is 8.42 Å². The molecule has 2 N–H and O–H groups in total. The number of nitrogens with two attached hydrogens (primary N) is 1. The minimum Gasteiger partial charge on any atom is -0.330 e. The van der Waals surface area contributed by atoms with Crippen molar-refractivity contribution in [3.05, 3.63) is 0 Å². The van der Waals surface area contributed by atoms with Crippen molar-refractivity contribution in [3.63, 3.8) is 0 Å². The van der Waals surface area contributed by atoms with Gasteiger partial charge in [0, 0.05) is 32.2 Å². The standard InChI is InChI=1S/C10H23N3O2S/c1-10(2)12-5-7-13(8-6-12)16(14,15)9-3-4-11/h10H,3-9,11H2,1-2H3. The van der Waals surface area contributed by atoms with Crippen LogP contribution in [0.15, 0.2) is 0 Å². The van der Waals surface area contributed by atoms with Gasteiger partial charge in [0.2, 0.25) is 10.0 Å². The lowest BCUT2D eigenvalue weighted by atomic mass is 10.3. The van der Waals surface area contributed by atoms with Gasteiger partial charge < -0.3 is 5.73 Å². The predicted molar refractivity (Wildman–Crippen MR) is 65.7 cm³/mol. The van der Waals surface area contributed by atoms with Crippen LogP contribution in [0.2, 0.25) is 0 Å². The van der Waals surface area contributed by atoms with Gasteiger partial charge in [-0.3, -0.25) is 4.90 Å². The Morgan fingerprint density at radius 1 is 1.19 bits per heavy atom. The smallest absolute Gasteiger partial charge is 0.214 e. The van der Waals surface area contributed by atoms with E-state index in [2.05, 4.69) is 18.7 Å². The fraction of sp³-hybridized carbons (Fsp3) is 1.00. The molecule has 0 unspecified atom stereocenters. The Hall–Kier alpha value is -0.170. The molecule has 0 aromatic carbocycles. The molecule has 16 heavy (non-hydrogen) atoms. The van der Waals surface area contributed by atoms with Crippen molar-refractivity contribution in [2.24, 2.45) is 5.73 Å². The molecule has 5 nitrogen and oxygen atoms in total. The number of rotatable bonds is 5. The first kappa shape index (κ1) is 13.9. The van der Waals surface area contributed by atoms with E-state index in [1.54, 1.807) is 4.31 Å². The van der Waals surface area contributed by atoms with Crippen molar-refractivity contribution in [1.82, 2.24) is 9.21 Å². The highest BCUT2D eigenvalue weighted by Gasteiger charge is 2.26. The van der Waals surface area contributed by atoms with E-state index in [1.807, 2.05) is 0 Å². The van der Waals surface area contributed by atoms with Crippen LogP contribution >= 0.6 is 0 Å². The Labute approximate surface area is 98.6 Å². The average Bonchev–Trinajstić information content (AvgIpc) is 2.26. The zero-order chi connectivity index (χ0) is 12.2. The van der Waals surface area contributed by atoms with Crippen LogP contribution in [0.4, 0.5) is 0 Å². The van der Waals surface area contributed by atoms with Gasteiger partial charge in [0.1, 0.15) is 0 Å². The summed E-state index contributed by atoms with van der Waals surface area (Å²) in [7, 11) is -3.07. The van der Waals surface area contributed by atoms with Gasteiger partial charge in [-0.05, 0) is 26.8 Å². The van der Waals surface area contributed by atoms with Crippen LogP contribution in [0, 0.1) is 0 Å². The van der Waals surface area contributed by atoms with E-state index in [0.29, 0.717) is 32.1 Å². The second-order valence-corrected chi connectivity index (χ2v) is 6.58. The molecule has 0 amide bonds. The van der Waals surface area contributed by atoms with E-state index in [9.17, 15) is 8.42 Å². The van der Waals surface area contributed by atoms with Crippen molar-refractivity contribution < 1.29 is 8.42 Å². The van der Waals surface area contributed by atoms with E-state index < -0.39 is 10.0 Å². The molecular formula is C10H23N3O2S. The zero-order valence-electron chi connectivity index (χ0n) is 10.2. The van der Waals surface area contributed by atoms with Gasteiger partial charge in [-0.2, -0.15) is 4.31 Å². The van der Waals surface area contributed by atoms with Gasteiger partial charge >= 0.3 is 0 Å². The highest BCUT2D eigenvalue weighted by Crippen LogP contribution is 2.10. The third-order valence-corrected chi connectivity index (χ3v) is 4.96. The summed E-state index contributed by atoms with van der Waals surface area (Å²) in [6.45, 7) is 7.61. The molecule has 0 spiro atoms. The highest BCUT2D eigenvalue weighted by atomic mass is 32.2. The summed E-state index contributed by atoms with van der Waals surface area (Å²) in [5.74, 6) is 0.186. The van der Waals surface area contributed by atoms with Crippen molar-refractivity contribution >= 4 is 10.0 Å². The normalized spacial score (nSPS) is 20.5. The monoisotopic (exact) mass is 249 g/mol. The second-order valence-electron chi connectivity index (χ2n) is 4.49. The van der Waals surface area contributed by atoms with Crippen LogP contribution in [0.5, 0.6) is 0 Å². The quantitative estimate of drug-likeness (QED) is 0.726. The molecule has 1 heterocycles. The van der Waals surface area contributed by atoms with Crippen molar-refractivity contribution in [1.29, 1.82) is 0 Å². The Bertz CT molecular complexity index is 295. The SMILES string of the molecule is CC(C)N1CCN(S(=O)(=O)CCCN)CC1. The molecule has 0 aromatic rings. The maximum atomic E-state index is 11.9. The summed E-state index contributed by atoms with van der Waals surface area (Å²) < 4.78 is 25.3. The molecule has 0 radical (unpaired) electrons. The summed E-state index contributed by atoms with van der Waals surface area (Å²) in [6.07, 6.45) is 0.548. The molecule has 6 heteroatoms. The van der Waals surface area contributed by atoms with Crippen molar-refractivity contribution in [3.8, 4) is 0 Å². The zero-order valence-corrected chi connectivity index (χ0v) is 11.0. The Morgan fingerprint density at radius 3 is 2.19 bits per heavy atom. The number of hydrogen-bond acceptors (Lipinski definition) is 4. The van der Waals surface area contributed by atoms with E-state index in [0.717, 1.165) is 13.1 Å². The lowest BCUT2D eigenvalue weighted by molar-refractivity contribution is 0.154. The third-order valence-electron chi connectivity index (χ3n) is 3.00. The fourth-order valence-electron chi connectivity index (χ4n) is 1.89. The fourth-order valence-corrected chi connectivity index (χ4v) is 3.40. The topological polar surface area (TPSA) is 66.6 Å². The summed E-state index contributed by atoms with van der Waals surface area (Å²) in [5, 5.41) is 0. The predicted octanol–water partition coefficient (Wildman–Crippen LogP) is -0.309. The second kappa shape index (κ2) is 5.95. The Kier molecular flexibility index (Phi) is 5.17. The average molecular weight is 249 g/mol. The molecule has 1 aliphatic rings. The summed E-state index contributed by atoms with van der Waals surface area (Å²) in [4.78, 5) is 2.30. The van der Waals surface area contributed by atoms with E-state index in [4.69, 9.17) is 5.73 Å². The summed E-state index contributed by atoms with van der Waals surface area (Å²) in [5.41, 5.74) is 5.34. The summed E-state index contributed by atoms with van der Waals surface area (Å²) >= 11 is 0. The molecule has 0 bridgehead atoms. The van der Waals surface area contributed by atoms with E-state index in [-0.39, 0.29) is 5.75 Å². The minimum absolute atomic E-state index is 0.186. The molecule has 0 atom stereocenters. The summed E-state index contributed by atoms with van der Waals surface area (Å²) in [6, 6.07) is 0.494. The Balaban J connectivity index is 2.47. The van der Waals surface area contributed by atoms with E-state index in [1.165, 1.54) is 0 Å². The van der Waals surface area contributed by atoms with Crippen LogP contribution in [0.25, 0.3) is 0 Å². The van der Waals surface area contributed by atoms with Crippen LogP contribution in [0.3, 0.4) is 0 Å². The van der Waals surface area contributed by atoms with Gasteiger partial charge in [0.05, 0.1) is 5.75 Å². The van der Waals surface area contributed by atoms with Gasteiger partial charge in [0.15, 0.2) is 0 Å². The largest absolute Gasteiger partial charge is 0.330 e. The van der Waals surface area contributed by atoms with Crippen LogP contribution in [0.1, 0.15) is 20.3 Å². The van der Waals surface area contributed by atoms with Crippen LogP contribution < -0.4 is 5.73 Å². The number of sulfonamides is 1. The molecule has 0 aliphatic carbocycles. The van der Waals surface area contributed by atoms with Crippen molar-refractivity contribution in [2.75, 3.05) is 38.5 Å². The molecule has 1 rings (SSSR count). The van der Waals surface area contributed by atoms with Crippen LogP contribution in [-0.4, -0.2) is 62.1 Å². The first-order valence-electron chi connectivity index (χ1n) is 5.89. The first-order valence-corrected chi connectivity index (χ1v) is 7.50. The van der Waals surface area contributed by atoms with Gasteiger partial charge in [-0.1, -0.05) is 0 Å².